The van der Waals surface area contributed by atoms with Crippen molar-refractivity contribution < 1.29 is 4.79 Å². The molecule has 0 fully saturated rings. The number of thiophene rings is 1. The van der Waals surface area contributed by atoms with Gasteiger partial charge in [0, 0.05) is 6.42 Å². The number of nitriles is 1. The summed E-state index contributed by atoms with van der Waals surface area (Å²) in [6, 6.07) is 5.29. The molecule has 0 aliphatic carbocycles. The van der Waals surface area contributed by atoms with Gasteiger partial charge in [-0.3, -0.25) is 4.79 Å². The minimum absolute atomic E-state index is 0.0176. The topological polar surface area (TPSA) is 66.9 Å². The van der Waals surface area contributed by atoms with Gasteiger partial charge < -0.3 is 5.73 Å². The summed E-state index contributed by atoms with van der Waals surface area (Å²) in [6.07, 6.45) is 0.353. The summed E-state index contributed by atoms with van der Waals surface area (Å²) in [5.41, 5.74) is 5.22. The molecule has 0 saturated heterocycles. The zero-order valence-electron chi connectivity index (χ0n) is 6.41. The zero-order chi connectivity index (χ0) is 8.97. The average molecular weight is 180 g/mol. The third kappa shape index (κ3) is 1.91. The van der Waals surface area contributed by atoms with E-state index < -0.39 is 0 Å². The van der Waals surface area contributed by atoms with Crippen LogP contribution in [-0.2, 0) is 0 Å². The van der Waals surface area contributed by atoms with Gasteiger partial charge in [0.15, 0.2) is 5.78 Å². The molecule has 12 heavy (non-hydrogen) atoms. The molecule has 0 aromatic carbocycles. The van der Waals surface area contributed by atoms with Gasteiger partial charge in [-0.1, -0.05) is 0 Å². The van der Waals surface area contributed by atoms with Crippen molar-refractivity contribution in [3.8, 4) is 6.07 Å². The molecule has 62 valence electrons. The highest BCUT2D eigenvalue weighted by Crippen LogP contribution is 2.16. The van der Waals surface area contributed by atoms with Gasteiger partial charge in [-0.05, 0) is 18.7 Å². The van der Waals surface area contributed by atoms with E-state index in [2.05, 4.69) is 0 Å². The molecule has 0 saturated carbocycles. The first-order valence-electron chi connectivity index (χ1n) is 3.51. The lowest BCUT2D eigenvalue weighted by molar-refractivity contribution is 0.0989. The fourth-order valence-corrected chi connectivity index (χ4v) is 1.57. The summed E-state index contributed by atoms with van der Waals surface area (Å²) in [7, 11) is 0. The molecule has 1 aromatic heterocycles. The first-order chi connectivity index (χ1) is 5.77. The predicted octanol–water partition coefficient (Wildman–Crippen LogP) is 1.15. The van der Waals surface area contributed by atoms with E-state index in [1.807, 2.05) is 6.07 Å². The lowest BCUT2D eigenvalue weighted by atomic mass is 10.2. The predicted molar refractivity (Wildman–Crippen MR) is 47.0 cm³/mol. The molecule has 0 unspecified atom stereocenters. The Labute approximate surface area is 74.4 Å². The number of carbonyl (C=O) groups excluding carboxylic acids is 1. The Morgan fingerprint density at radius 3 is 2.92 bits per heavy atom. The van der Waals surface area contributed by atoms with Crippen molar-refractivity contribution in [2.75, 3.05) is 6.54 Å². The van der Waals surface area contributed by atoms with Crippen LogP contribution < -0.4 is 5.73 Å². The van der Waals surface area contributed by atoms with E-state index in [0.29, 0.717) is 22.7 Å². The number of rotatable bonds is 3. The summed E-state index contributed by atoms with van der Waals surface area (Å²) in [4.78, 5) is 12.4. The van der Waals surface area contributed by atoms with Crippen LogP contribution in [0.4, 0.5) is 0 Å². The van der Waals surface area contributed by atoms with Crippen molar-refractivity contribution in [3.05, 3.63) is 21.9 Å². The second-order valence-electron chi connectivity index (χ2n) is 2.24. The maximum absolute atomic E-state index is 11.2. The lowest BCUT2D eigenvalue weighted by Crippen LogP contribution is -2.06. The van der Waals surface area contributed by atoms with Crippen LogP contribution in [0.15, 0.2) is 12.1 Å². The molecule has 0 atom stereocenters. The van der Waals surface area contributed by atoms with E-state index >= 15 is 0 Å². The molecular weight excluding hydrogens is 172 g/mol. The minimum Gasteiger partial charge on any atom is -0.330 e. The van der Waals surface area contributed by atoms with E-state index in [4.69, 9.17) is 11.0 Å². The molecule has 1 aromatic rings. The molecule has 0 spiro atoms. The smallest absolute Gasteiger partial charge is 0.174 e. The van der Waals surface area contributed by atoms with Gasteiger partial charge in [-0.15, -0.1) is 11.3 Å². The second-order valence-corrected chi connectivity index (χ2v) is 3.32. The Bertz CT molecular complexity index is 324. The van der Waals surface area contributed by atoms with Crippen molar-refractivity contribution in [2.24, 2.45) is 5.73 Å². The van der Waals surface area contributed by atoms with Crippen LogP contribution in [-0.4, -0.2) is 12.3 Å². The number of hydrogen-bond donors (Lipinski definition) is 1. The highest BCUT2D eigenvalue weighted by Gasteiger charge is 2.07. The Morgan fingerprint density at radius 2 is 2.42 bits per heavy atom. The SMILES string of the molecule is N#Cc1ccc(C(=O)CCN)s1. The molecule has 1 rings (SSSR count). The van der Waals surface area contributed by atoms with Gasteiger partial charge in [0.1, 0.15) is 10.9 Å². The third-order valence-electron chi connectivity index (χ3n) is 1.36. The Kier molecular flexibility index (Phi) is 2.97. The molecule has 4 heteroatoms. The van der Waals surface area contributed by atoms with Crippen molar-refractivity contribution >= 4 is 17.1 Å². The second kappa shape index (κ2) is 4.00. The molecule has 1 heterocycles. The van der Waals surface area contributed by atoms with Gasteiger partial charge in [-0.25, -0.2) is 0 Å². The lowest BCUT2D eigenvalue weighted by Gasteiger charge is -1.91. The highest BCUT2D eigenvalue weighted by molar-refractivity contribution is 7.14. The maximum Gasteiger partial charge on any atom is 0.174 e. The van der Waals surface area contributed by atoms with Gasteiger partial charge in [-0.2, -0.15) is 5.26 Å². The third-order valence-corrected chi connectivity index (χ3v) is 2.39. The van der Waals surface area contributed by atoms with Gasteiger partial charge in [0.25, 0.3) is 0 Å². The zero-order valence-corrected chi connectivity index (χ0v) is 7.23. The van der Waals surface area contributed by atoms with Crippen LogP contribution in [0.25, 0.3) is 0 Å². The number of nitrogens with two attached hydrogens (primary N) is 1. The Morgan fingerprint density at radius 1 is 1.67 bits per heavy atom. The van der Waals surface area contributed by atoms with Gasteiger partial charge in [0.2, 0.25) is 0 Å². The summed E-state index contributed by atoms with van der Waals surface area (Å²) in [5.74, 6) is 0.0176. The number of ketones is 1. The summed E-state index contributed by atoms with van der Waals surface area (Å²) in [6.45, 7) is 0.360. The van der Waals surface area contributed by atoms with Gasteiger partial charge >= 0.3 is 0 Å². The molecule has 0 aliphatic heterocycles. The maximum atomic E-state index is 11.2. The molecular formula is C8H8N2OS. The normalized spacial score (nSPS) is 9.33. The van der Waals surface area contributed by atoms with Crippen molar-refractivity contribution in [3.63, 3.8) is 0 Å². The summed E-state index contributed by atoms with van der Waals surface area (Å²) in [5, 5.41) is 8.49. The van der Waals surface area contributed by atoms with E-state index in [-0.39, 0.29) is 5.78 Å². The van der Waals surface area contributed by atoms with Crippen molar-refractivity contribution in [1.29, 1.82) is 5.26 Å². The van der Waals surface area contributed by atoms with Crippen molar-refractivity contribution in [1.82, 2.24) is 0 Å². The number of hydrogen-bond acceptors (Lipinski definition) is 4. The molecule has 0 radical (unpaired) electrons. The van der Waals surface area contributed by atoms with Crippen LogP contribution in [0.2, 0.25) is 0 Å². The minimum atomic E-state index is 0.0176. The molecule has 0 bridgehead atoms. The van der Waals surface area contributed by atoms with E-state index in [1.165, 1.54) is 11.3 Å². The Balaban J connectivity index is 2.76. The monoisotopic (exact) mass is 180 g/mol. The fourth-order valence-electron chi connectivity index (χ4n) is 0.802. The Hall–Kier alpha value is -1.18. The number of carbonyl (C=O) groups is 1. The number of nitrogens with zero attached hydrogens (tertiary/aromatic N) is 1. The molecule has 0 aliphatic rings. The number of Topliss-reactive ketones (excluding diaryl/α,β-unsaturated/α-hetero) is 1. The highest BCUT2D eigenvalue weighted by atomic mass is 32.1. The van der Waals surface area contributed by atoms with Crippen LogP contribution in [0.1, 0.15) is 21.0 Å². The average Bonchev–Trinajstić information content (AvgIpc) is 2.52. The van der Waals surface area contributed by atoms with E-state index in [9.17, 15) is 4.79 Å². The summed E-state index contributed by atoms with van der Waals surface area (Å²) >= 11 is 1.21. The quantitative estimate of drug-likeness (QED) is 0.709. The van der Waals surface area contributed by atoms with Crippen LogP contribution in [0.5, 0.6) is 0 Å². The first kappa shape index (κ1) is 8.91. The van der Waals surface area contributed by atoms with Crippen LogP contribution >= 0.6 is 11.3 Å². The molecule has 0 amide bonds. The van der Waals surface area contributed by atoms with Crippen LogP contribution in [0.3, 0.4) is 0 Å². The molecule has 2 N–H and O–H groups in total. The first-order valence-corrected chi connectivity index (χ1v) is 4.32. The summed E-state index contributed by atoms with van der Waals surface area (Å²) < 4.78 is 0. The van der Waals surface area contributed by atoms with E-state index in [0.717, 1.165) is 0 Å². The van der Waals surface area contributed by atoms with Crippen molar-refractivity contribution in [2.45, 2.75) is 6.42 Å². The van der Waals surface area contributed by atoms with Gasteiger partial charge in [0.05, 0.1) is 4.88 Å². The van der Waals surface area contributed by atoms with E-state index in [1.54, 1.807) is 12.1 Å². The molecule has 3 nitrogen and oxygen atoms in total. The fraction of sp³-hybridized carbons (Fsp3) is 0.250. The van der Waals surface area contributed by atoms with Crippen LogP contribution in [0, 0.1) is 11.3 Å². The largest absolute Gasteiger partial charge is 0.330 e. The standard InChI is InChI=1S/C8H8N2OS/c9-4-3-7(11)8-2-1-6(5-10)12-8/h1-2H,3-4,9H2.